The topological polar surface area (TPSA) is 84.5 Å². The molecule has 1 rings (SSSR count). The van der Waals surface area contributed by atoms with Crippen molar-refractivity contribution in [2.45, 2.75) is 6.42 Å². The summed E-state index contributed by atoms with van der Waals surface area (Å²) in [7, 11) is -3.42. The van der Waals surface area contributed by atoms with Crippen LogP contribution in [0.5, 0.6) is 0 Å². The molecule has 0 atom stereocenters. The van der Waals surface area contributed by atoms with E-state index in [0.717, 1.165) is 0 Å². The number of nitrogens with one attached hydrogen (secondary N) is 1. The number of hydrogen-bond donors (Lipinski definition) is 2. The summed E-state index contributed by atoms with van der Waals surface area (Å²) in [5.74, 6) is 0.175. The molecule has 0 spiro atoms. The van der Waals surface area contributed by atoms with Crippen molar-refractivity contribution in [2.24, 2.45) is 10.1 Å². The van der Waals surface area contributed by atoms with Crippen LogP contribution in [0.4, 0.5) is 0 Å². The van der Waals surface area contributed by atoms with E-state index in [2.05, 4.69) is 9.12 Å². The van der Waals surface area contributed by atoms with E-state index in [4.69, 9.17) is 5.73 Å². The van der Waals surface area contributed by atoms with E-state index in [1.807, 2.05) is 0 Å². The van der Waals surface area contributed by atoms with E-state index >= 15 is 0 Å². The molecular weight excluding hydrogens is 178 g/mol. The first-order chi connectivity index (χ1) is 4.10. The SMILES string of the molecule is Cl.NC1=NS(=O)(=O)NCC1. The molecule has 0 amide bonds. The van der Waals surface area contributed by atoms with Crippen LogP contribution in [-0.2, 0) is 10.2 Å². The van der Waals surface area contributed by atoms with Crippen molar-refractivity contribution in [1.29, 1.82) is 0 Å². The molecule has 0 aromatic carbocycles. The van der Waals surface area contributed by atoms with Crippen LogP contribution in [0.15, 0.2) is 4.40 Å². The molecule has 0 saturated heterocycles. The number of hydrogen-bond acceptors (Lipinski definition) is 3. The molecule has 0 bridgehead atoms. The molecule has 0 aromatic rings. The third-order valence-electron chi connectivity index (χ3n) is 0.903. The number of nitrogens with zero attached hydrogens (tertiary/aromatic N) is 1. The second-order valence-electron chi connectivity index (χ2n) is 1.70. The highest BCUT2D eigenvalue weighted by atomic mass is 35.5. The lowest BCUT2D eigenvalue weighted by Crippen LogP contribution is -2.33. The molecule has 1 aliphatic heterocycles. The van der Waals surface area contributed by atoms with Crippen LogP contribution in [0.1, 0.15) is 6.42 Å². The predicted octanol–water partition coefficient (Wildman–Crippen LogP) is -0.997. The molecule has 5 nitrogen and oxygen atoms in total. The van der Waals surface area contributed by atoms with E-state index in [-0.39, 0.29) is 18.2 Å². The van der Waals surface area contributed by atoms with Crippen molar-refractivity contribution in [2.75, 3.05) is 6.54 Å². The molecule has 0 saturated carbocycles. The Morgan fingerprint density at radius 1 is 1.60 bits per heavy atom. The van der Waals surface area contributed by atoms with Gasteiger partial charge in [-0.1, -0.05) is 0 Å². The lowest BCUT2D eigenvalue weighted by atomic mass is 10.4. The van der Waals surface area contributed by atoms with Gasteiger partial charge in [-0.3, -0.25) is 0 Å². The number of amidine groups is 1. The van der Waals surface area contributed by atoms with Crippen LogP contribution in [0.2, 0.25) is 0 Å². The Morgan fingerprint density at radius 3 is 2.50 bits per heavy atom. The second-order valence-corrected chi connectivity index (χ2v) is 3.12. The van der Waals surface area contributed by atoms with Gasteiger partial charge in [-0.25, -0.2) is 0 Å². The van der Waals surface area contributed by atoms with Crippen LogP contribution in [0, 0.1) is 0 Å². The first kappa shape index (κ1) is 9.67. The van der Waals surface area contributed by atoms with Gasteiger partial charge in [0.2, 0.25) is 0 Å². The van der Waals surface area contributed by atoms with Gasteiger partial charge in [-0.05, 0) is 0 Å². The van der Waals surface area contributed by atoms with Gasteiger partial charge in [0.1, 0.15) is 5.84 Å². The van der Waals surface area contributed by atoms with Crippen LogP contribution in [-0.4, -0.2) is 20.8 Å². The molecule has 10 heavy (non-hydrogen) atoms. The monoisotopic (exact) mass is 185 g/mol. The molecule has 1 heterocycles. The zero-order valence-electron chi connectivity index (χ0n) is 5.07. The Hall–Kier alpha value is -0.330. The normalized spacial score (nSPS) is 22.6. The average Bonchev–Trinajstić information content (AvgIpc) is 1.60. The standard InChI is InChI=1S/C3H7N3O2S.ClH/c4-3-1-2-5-9(7,8)6-3;/h5H,1-2H2,(H2,4,6);1H. The maximum absolute atomic E-state index is 10.5. The minimum Gasteiger partial charge on any atom is -0.386 e. The van der Waals surface area contributed by atoms with Crippen LogP contribution in [0.3, 0.4) is 0 Å². The molecule has 0 fully saturated rings. The van der Waals surface area contributed by atoms with E-state index < -0.39 is 10.2 Å². The van der Waals surface area contributed by atoms with Crippen LogP contribution in [0.25, 0.3) is 0 Å². The first-order valence-electron chi connectivity index (χ1n) is 2.44. The third-order valence-corrected chi connectivity index (χ3v) is 1.95. The van der Waals surface area contributed by atoms with Gasteiger partial charge < -0.3 is 5.73 Å². The highest BCUT2D eigenvalue weighted by Crippen LogP contribution is 1.94. The zero-order chi connectivity index (χ0) is 6.91. The van der Waals surface area contributed by atoms with Crippen molar-refractivity contribution in [1.82, 2.24) is 4.72 Å². The summed E-state index contributed by atoms with van der Waals surface area (Å²) >= 11 is 0. The van der Waals surface area contributed by atoms with E-state index in [9.17, 15) is 8.42 Å². The van der Waals surface area contributed by atoms with Gasteiger partial charge in [0, 0.05) is 13.0 Å². The number of rotatable bonds is 0. The predicted molar refractivity (Wildman–Crippen MR) is 40.4 cm³/mol. The third kappa shape index (κ3) is 2.51. The van der Waals surface area contributed by atoms with E-state index in [1.54, 1.807) is 0 Å². The summed E-state index contributed by atoms with van der Waals surface area (Å²) in [6.45, 7) is 0.359. The average molecular weight is 186 g/mol. The van der Waals surface area contributed by atoms with Gasteiger partial charge >= 0.3 is 10.2 Å². The minimum atomic E-state index is -3.42. The summed E-state index contributed by atoms with van der Waals surface area (Å²) in [5.41, 5.74) is 5.14. The van der Waals surface area contributed by atoms with Gasteiger partial charge in [0.25, 0.3) is 0 Å². The van der Waals surface area contributed by atoms with Crippen molar-refractivity contribution in [3.8, 4) is 0 Å². The van der Waals surface area contributed by atoms with Gasteiger partial charge in [0.15, 0.2) is 0 Å². The highest BCUT2D eigenvalue weighted by molar-refractivity contribution is 7.88. The molecule has 0 aliphatic carbocycles. The fraction of sp³-hybridized carbons (Fsp3) is 0.667. The fourth-order valence-corrected chi connectivity index (χ4v) is 1.36. The van der Waals surface area contributed by atoms with Gasteiger partial charge in [0.05, 0.1) is 0 Å². The Kier molecular flexibility index (Phi) is 3.07. The maximum Gasteiger partial charge on any atom is 0.321 e. The Labute approximate surface area is 65.3 Å². The quantitative estimate of drug-likeness (QED) is 0.508. The van der Waals surface area contributed by atoms with Gasteiger partial charge in [-0.2, -0.15) is 13.1 Å². The minimum absolute atomic E-state index is 0. The van der Waals surface area contributed by atoms with Crippen LogP contribution < -0.4 is 10.5 Å². The number of halogens is 1. The Balaban J connectivity index is 0.000000810. The molecule has 0 unspecified atom stereocenters. The molecular formula is C3H8ClN3O2S. The van der Waals surface area contributed by atoms with Crippen molar-refractivity contribution in [3.05, 3.63) is 0 Å². The summed E-state index contributed by atoms with van der Waals surface area (Å²) in [6, 6.07) is 0. The number of nitrogens with two attached hydrogens (primary N) is 1. The first-order valence-corrected chi connectivity index (χ1v) is 3.88. The summed E-state index contributed by atoms with van der Waals surface area (Å²) in [5, 5.41) is 0. The summed E-state index contributed by atoms with van der Waals surface area (Å²) in [6.07, 6.45) is 0.499. The fourth-order valence-electron chi connectivity index (χ4n) is 0.540. The Bertz CT molecular complexity index is 234. The van der Waals surface area contributed by atoms with Crippen LogP contribution >= 0.6 is 12.4 Å². The maximum atomic E-state index is 10.5. The van der Waals surface area contributed by atoms with Crippen molar-refractivity contribution in [3.63, 3.8) is 0 Å². The lowest BCUT2D eigenvalue weighted by Gasteiger charge is -2.07. The summed E-state index contributed by atoms with van der Waals surface area (Å²) < 4.78 is 26.3. The van der Waals surface area contributed by atoms with E-state index in [1.165, 1.54) is 0 Å². The molecule has 3 N–H and O–H groups in total. The largest absolute Gasteiger partial charge is 0.386 e. The molecule has 7 heteroatoms. The molecule has 60 valence electrons. The van der Waals surface area contributed by atoms with E-state index in [0.29, 0.717) is 13.0 Å². The van der Waals surface area contributed by atoms with Crippen molar-refractivity contribution >= 4 is 28.5 Å². The lowest BCUT2D eigenvalue weighted by molar-refractivity contribution is 0.581. The Morgan fingerprint density at radius 2 is 2.20 bits per heavy atom. The smallest absolute Gasteiger partial charge is 0.321 e. The van der Waals surface area contributed by atoms with Crippen molar-refractivity contribution < 1.29 is 8.42 Å². The zero-order valence-corrected chi connectivity index (χ0v) is 6.70. The molecule has 1 aliphatic rings. The highest BCUT2D eigenvalue weighted by Gasteiger charge is 2.12. The molecule has 0 radical (unpaired) electrons. The molecule has 0 aromatic heterocycles. The van der Waals surface area contributed by atoms with Gasteiger partial charge in [-0.15, -0.1) is 16.8 Å². The summed E-state index contributed by atoms with van der Waals surface area (Å²) in [4.78, 5) is 0. The second kappa shape index (κ2) is 3.18.